The van der Waals surface area contributed by atoms with Crippen LogP contribution in [0.15, 0.2) is 0 Å². The summed E-state index contributed by atoms with van der Waals surface area (Å²) in [5, 5.41) is 2.93. The first-order valence-electron chi connectivity index (χ1n) is 8.48. The molecule has 0 aromatic heterocycles. The molecular weight excluding hydrogens is 589 g/mol. The third kappa shape index (κ3) is 19.2. The largest absolute Gasteiger partial charge is 0.356 e. The van der Waals surface area contributed by atoms with Crippen molar-refractivity contribution in [3.63, 3.8) is 0 Å². The number of amides is 1. The summed E-state index contributed by atoms with van der Waals surface area (Å²) in [5.41, 5.74) is -0.204. The number of hydrogen-bond acceptors (Lipinski definition) is 1. The van der Waals surface area contributed by atoms with Crippen LogP contribution in [0.3, 0.4) is 0 Å². The fourth-order valence-electron chi connectivity index (χ4n) is 2.94. The van der Waals surface area contributed by atoms with Crippen molar-refractivity contribution in [1.82, 2.24) is 5.32 Å². The molecule has 0 aliphatic heterocycles. The van der Waals surface area contributed by atoms with Gasteiger partial charge in [0.05, 0.1) is 0 Å². The van der Waals surface area contributed by atoms with Crippen LogP contribution in [0.4, 0.5) is 0 Å². The summed E-state index contributed by atoms with van der Waals surface area (Å²) in [5.74, 6) is -0.0957. The summed E-state index contributed by atoms with van der Waals surface area (Å²) < 4.78 is 0. The maximum atomic E-state index is 11.5. The van der Waals surface area contributed by atoms with Crippen molar-refractivity contribution in [2.45, 2.75) is 63.6 Å². The van der Waals surface area contributed by atoms with Crippen molar-refractivity contribution in [2.75, 3.05) is 6.54 Å². The maximum absolute atomic E-state index is 11.5. The van der Waals surface area contributed by atoms with Gasteiger partial charge in [0, 0.05) is 13.5 Å². The fourth-order valence-corrected chi connectivity index (χ4v) is 8.28. The lowest BCUT2D eigenvalue weighted by Gasteiger charge is -2.35. The molecule has 0 rings (SSSR count). The van der Waals surface area contributed by atoms with E-state index in [-0.39, 0.29) is 11.3 Å². The first kappa shape index (κ1) is 29.7. The van der Waals surface area contributed by atoms with E-state index in [1.54, 1.807) is 0 Å². The molecule has 0 aromatic rings. The predicted molar refractivity (Wildman–Crippen MR) is 133 cm³/mol. The number of hydrogen-bond donors (Lipinski definition) is 1. The number of nitrogens with one attached hydrogen (secondary N) is 1. The monoisotopic (exact) mass is 609 g/mol. The topological polar surface area (TPSA) is 29.1 Å². The highest BCUT2D eigenvalue weighted by molar-refractivity contribution is 7.65. The SMILES string of the molecule is CC(=O)NCC(CCC[Si](Cl)(Cl)Cl)(CCC[Si](Cl)(Cl)Cl)CCC[Si](Cl)(Cl)Cl. The Hall–Kier alpha value is 2.73. The van der Waals surface area contributed by atoms with E-state index in [1.165, 1.54) is 6.92 Å². The van der Waals surface area contributed by atoms with Gasteiger partial charge in [-0.25, -0.2) is 0 Å². The van der Waals surface area contributed by atoms with Crippen molar-refractivity contribution >= 4 is 124 Å². The lowest BCUT2D eigenvalue weighted by molar-refractivity contribution is -0.119. The Bertz CT molecular complexity index is 401. The third-order valence-corrected chi connectivity index (χ3v) is 12.1. The fraction of sp³-hybridized carbons (Fsp3) is 0.923. The average Bonchev–Trinajstić information content (AvgIpc) is 2.40. The van der Waals surface area contributed by atoms with Gasteiger partial charge in [-0.2, -0.15) is 0 Å². The molecule has 0 fully saturated rings. The van der Waals surface area contributed by atoms with E-state index in [1.807, 2.05) is 0 Å². The van der Waals surface area contributed by atoms with E-state index >= 15 is 0 Å². The van der Waals surface area contributed by atoms with E-state index in [9.17, 15) is 4.79 Å². The molecule has 27 heavy (non-hydrogen) atoms. The van der Waals surface area contributed by atoms with E-state index in [4.69, 9.17) is 99.7 Å². The zero-order chi connectivity index (χ0) is 21.4. The van der Waals surface area contributed by atoms with Gasteiger partial charge >= 0.3 is 18.0 Å². The van der Waals surface area contributed by atoms with Crippen molar-refractivity contribution in [3.8, 4) is 0 Å². The highest BCUT2D eigenvalue weighted by atomic mass is 35.9. The summed E-state index contributed by atoms with van der Waals surface area (Å²) in [7, 11) is 0. The summed E-state index contributed by atoms with van der Waals surface area (Å²) in [4.78, 5) is 11.5. The van der Waals surface area contributed by atoms with E-state index in [0.717, 1.165) is 38.5 Å². The van der Waals surface area contributed by atoms with Gasteiger partial charge in [0.1, 0.15) is 0 Å². The molecule has 0 heterocycles. The molecule has 0 atom stereocenters. The highest BCUT2D eigenvalue weighted by Gasteiger charge is 2.35. The second kappa shape index (κ2) is 13.3. The van der Waals surface area contributed by atoms with Gasteiger partial charge in [0.2, 0.25) is 5.91 Å². The Morgan fingerprint density at radius 2 is 1.00 bits per heavy atom. The Labute approximate surface area is 207 Å². The molecule has 0 saturated carbocycles. The summed E-state index contributed by atoms with van der Waals surface area (Å²) >= 11 is 54.2. The van der Waals surface area contributed by atoms with Crippen LogP contribution in [0.1, 0.15) is 45.4 Å². The lowest BCUT2D eigenvalue weighted by atomic mass is 9.75. The van der Waals surface area contributed by atoms with E-state index in [0.29, 0.717) is 24.7 Å². The molecule has 1 amide bonds. The molecule has 0 aliphatic carbocycles. The molecule has 0 unspecified atom stereocenters. The second-order valence-electron chi connectivity index (χ2n) is 6.82. The molecule has 1 N–H and O–H groups in total. The minimum atomic E-state index is -2.71. The second-order valence-corrected chi connectivity index (χ2v) is 34.7. The number of rotatable bonds is 14. The molecule has 0 saturated heterocycles. The van der Waals surface area contributed by atoms with Crippen LogP contribution in [-0.4, -0.2) is 30.5 Å². The van der Waals surface area contributed by atoms with Gasteiger partial charge < -0.3 is 5.32 Å². The Morgan fingerprint density at radius 3 is 1.22 bits per heavy atom. The molecule has 162 valence electrons. The molecule has 0 spiro atoms. The smallest absolute Gasteiger partial charge is 0.341 e. The Balaban J connectivity index is 5.16. The zero-order valence-electron chi connectivity index (χ0n) is 14.9. The standard InChI is InChI=1S/C13H24Cl9NOSi3/c1-12(24)23-11-13(5-2-8-25(14,15)16,6-3-9-26(17,18)19)7-4-10-27(20,21)22/h2-11H2,1H3,(H,23,24). The van der Waals surface area contributed by atoms with E-state index in [2.05, 4.69) is 5.32 Å². The molecule has 0 aromatic carbocycles. The lowest BCUT2D eigenvalue weighted by Crippen LogP contribution is -2.37. The predicted octanol–water partition coefficient (Wildman–Crippen LogP) is 8.42. The van der Waals surface area contributed by atoms with E-state index < -0.39 is 18.0 Å². The van der Waals surface area contributed by atoms with Crippen LogP contribution in [-0.2, 0) is 4.79 Å². The minimum Gasteiger partial charge on any atom is -0.356 e. The Kier molecular flexibility index (Phi) is 14.7. The van der Waals surface area contributed by atoms with Gasteiger partial charge in [-0.1, -0.05) is 19.3 Å². The van der Waals surface area contributed by atoms with Crippen molar-refractivity contribution in [2.24, 2.45) is 5.41 Å². The molecule has 0 bridgehead atoms. The first-order valence-corrected chi connectivity index (χ1v) is 24.2. The number of carbonyl (C=O) groups excluding carboxylic acids is 1. The number of carbonyl (C=O) groups is 1. The molecule has 0 radical (unpaired) electrons. The van der Waals surface area contributed by atoms with Crippen LogP contribution in [0, 0.1) is 5.41 Å². The number of halogens is 9. The molecule has 14 heteroatoms. The Morgan fingerprint density at radius 1 is 0.704 bits per heavy atom. The van der Waals surface area contributed by atoms with Crippen LogP contribution >= 0.6 is 99.7 Å². The van der Waals surface area contributed by atoms with Gasteiger partial charge in [-0.3, -0.25) is 4.79 Å². The van der Waals surface area contributed by atoms with Gasteiger partial charge in [0.25, 0.3) is 0 Å². The van der Waals surface area contributed by atoms with Crippen LogP contribution < -0.4 is 5.32 Å². The van der Waals surface area contributed by atoms with Crippen molar-refractivity contribution in [1.29, 1.82) is 0 Å². The zero-order valence-corrected chi connectivity index (χ0v) is 24.7. The normalized spacial score (nSPS) is 13.7. The maximum Gasteiger partial charge on any atom is 0.341 e. The first-order chi connectivity index (χ1) is 12.0. The third-order valence-electron chi connectivity index (χ3n) is 4.21. The van der Waals surface area contributed by atoms with Crippen LogP contribution in [0.5, 0.6) is 0 Å². The van der Waals surface area contributed by atoms with Crippen LogP contribution in [0.2, 0.25) is 18.1 Å². The summed E-state index contributed by atoms with van der Waals surface area (Å²) in [6.07, 6.45) is 4.61. The van der Waals surface area contributed by atoms with Crippen LogP contribution in [0.25, 0.3) is 0 Å². The van der Waals surface area contributed by atoms with Gasteiger partial charge in [-0.15, -0.1) is 99.7 Å². The summed E-state index contributed by atoms with van der Waals surface area (Å²) in [6.45, 7) is 1.99. The molecule has 0 aliphatic rings. The van der Waals surface area contributed by atoms with Gasteiger partial charge in [0.15, 0.2) is 0 Å². The average molecular weight is 614 g/mol. The quantitative estimate of drug-likeness (QED) is 0.155. The minimum absolute atomic E-state index is 0.0957. The molecular formula is C13H24Cl9NOSi3. The highest BCUT2D eigenvalue weighted by Crippen LogP contribution is 2.41. The summed E-state index contributed by atoms with van der Waals surface area (Å²) in [6, 6.07) is -6.46. The van der Waals surface area contributed by atoms with Gasteiger partial charge in [-0.05, 0) is 42.8 Å². The van der Waals surface area contributed by atoms with Crippen molar-refractivity contribution < 1.29 is 4.79 Å². The van der Waals surface area contributed by atoms with Crippen molar-refractivity contribution in [3.05, 3.63) is 0 Å². The molecule has 2 nitrogen and oxygen atoms in total.